The fraction of sp³-hybridized carbons (Fsp3) is 0.438. The molecule has 3 rings (SSSR count). The zero-order chi connectivity index (χ0) is 13.9. The van der Waals surface area contributed by atoms with Crippen LogP contribution in [0.25, 0.3) is 5.69 Å². The number of halogens is 1. The summed E-state index contributed by atoms with van der Waals surface area (Å²) >= 11 is 0. The summed E-state index contributed by atoms with van der Waals surface area (Å²) in [6, 6.07) is 5.01. The molecule has 0 fully saturated rings. The third-order valence-electron chi connectivity index (χ3n) is 3.90. The summed E-state index contributed by atoms with van der Waals surface area (Å²) in [5, 5.41) is 3.27. The van der Waals surface area contributed by atoms with E-state index in [2.05, 4.69) is 21.8 Å². The highest BCUT2D eigenvalue weighted by Crippen LogP contribution is 2.25. The summed E-state index contributed by atoms with van der Waals surface area (Å²) < 4.78 is 15.6. The molecule has 2 aromatic rings. The minimum absolute atomic E-state index is 0.185. The number of fused-ring (bicyclic) bond motifs is 1. The number of nitrogens with zero attached hydrogens (tertiary/aromatic N) is 2. The quantitative estimate of drug-likeness (QED) is 0.928. The lowest BCUT2D eigenvalue weighted by Crippen LogP contribution is -2.15. The molecule has 0 spiro atoms. The van der Waals surface area contributed by atoms with Crippen molar-refractivity contribution in [3.8, 4) is 5.69 Å². The molecule has 0 saturated heterocycles. The van der Waals surface area contributed by atoms with Gasteiger partial charge in [-0.2, -0.15) is 0 Å². The minimum atomic E-state index is -0.185. The number of benzene rings is 1. The van der Waals surface area contributed by atoms with E-state index in [0.29, 0.717) is 6.54 Å². The fourth-order valence-electron chi connectivity index (χ4n) is 2.87. The largest absolute Gasteiger partial charge is 0.313 e. The summed E-state index contributed by atoms with van der Waals surface area (Å²) in [7, 11) is 0. The molecule has 1 aromatic heterocycles. The first-order chi connectivity index (χ1) is 9.79. The Kier molecular flexibility index (Phi) is 3.83. The van der Waals surface area contributed by atoms with Crippen molar-refractivity contribution in [1.82, 2.24) is 14.9 Å². The zero-order valence-corrected chi connectivity index (χ0v) is 11.8. The average molecular weight is 273 g/mol. The molecule has 0 atom stereocenters. The molecule has 4 heteroatoms. The maximum absolute atomic E-state index is 13.5. The van der Waals surface area contributed by atoms with Crippen molar-refractivity contribution in [2.45, 2.75) is 39.2 Å². The monoisotopic (exact) mass is 273 g/mol. The molecule has 0 radical (unpaired) electrons. The summed E-state index contributed by atoms with van der Waals surface area (Å²) in [4.78, 5) is 4.53. The number of rotatable bonds is 4. The number of hydrogen-bond donors (Lipinski definition) is 1. The van der Waals surface area contributed by atoms with Gasteiger partial charge >= 0.3 is 0 Å². The smallest absolute Gasteiger partial charge is 0.123 e. The van der Waals surface area contributed by atoms with Crippen LogP contribution in [-0.4, -0.2) is 16.1 Å². The van der Waals surface area contributed by atoms with Crippen LogP contribution in [0.1, 0.15) is 36.7 Å². The lowest BCUT2D eigenvalue weighted by Gasteiger charge is -2.17. The lowest BCUT2D eigenvalue weighted by atomic mass is 10.0. The van der Waals surface area contributed by atoms with E-state index >= 15 is 0 Å². The van der Waals surface area contributed by atoms with Crippen LogP contribution in [-0.2, 0) is 19.4 Å². The molecule has 1 heterocycles. The molecule has 1 aromatic carbocycles. The first-order valence-electron chi connectivity index (χ1n) is 7.34. The third-order valence-corrected chi connectivity index (χ3v) is 3.90. The van der Waals surface area contributed by atoms with Gasteiger partial charge in [0.25, 0.3) is 0 Å². The van der Waals surface area contributed by atoms with Crippen molar-refractivity contribution in [1.29, 1.82) is 0 Å². The van der Waals surface area contributed by atoms with Crippen LogP contribution in [0.3, 0.4) is 0 Å². The Balaban J connectivity index is 2.02. The Morgan fingerprint density at radius 3 is 3.00 bits per heavy atom. The van der Waals surface area contributed by atoms with Crippen molar-refractivity contribution < 1.29 is 4.39 Å². The Morgan fingerprint density at radius 1 is 1.30 bits per heavy atom. The van der Waals surface area contributed by atoms with Gasteiger partial charge in [-0.05, 0) is 56.0 Å². The number of imidazole rings is 1. The Morgan fingerprint density at radius 2 is 2.15 bits per heavy atom. The van der Waals surface area contributed by atoms with Gasteiger partial charge in [-0.15, -0.1) is 0 Å². The molecule has 1 aliphatic carbocycles. The molecular weight excluding hydrogens is 253 g/mol. The summed E-state index contributed by atoms with van der Waals surface area (Å²) in [5.74, 6) is -0.185. The Bertz CT molecular complexity index is 604. The van der Waals surface area contributed by atoms with Gasteiger partial charge in [-0.1, -0.05) is 6.92 Å². The van der Waals surface area contributed by atoms with E-state index in [1.54, 1.807) is 6.07 Å². The van der Waals surface area contributed by atoms with Crippen LogP contribution in [0.5, 0.6) is 0 Å². The summed E-state index contributed by atoms with van der Waals surface area (Å²) in [6.45, 7) is 3.60. The summed E-state index contributed by atoms with van der Waals surface area (Å²) in [6.07, 6.45) is 6.44. The molecule has 0 amide bonds. The molecule has 106 valence electrons. The van der Waals surface area contributed by atoms with Crippen LogP contribution in [0.2, 0.25) is 0 Å². The van der Waals surface area contributed by atoms with Gasteiger partial charge in [0, 0.05) is 12.2 Å². The van der Waals surface area contributed by atoms with Crippen LogP contribution < -0.4 is 5.32 Å². The predicted molar refractivity (Wildman–Crippen MR) is 77.5 cm³/mol. The van der Waals surface area contributed by atoms with Gasteiger partial charge < -0.3 is 9.88 Å². The number of nitrogens with one attached hydrogen (secondary N) is 1. The van der Waals surface area contributed by atoms with Gasteiger partial charge in [0.1, 0.15) is 5.82 Å². The normalized spacial score (nSPS) is 14.3. The molecular formula is C16H20FN3. The lowest BCUT2D eigenvalue weighted by molar-refractivity contribution is 0.619. The van der Waals surface area contributed by atoms with Crippen molar-refractivity contribution in [2.75, 3.05) is 6.54 Å². The molecule has 20 heavy (non-hydrogen) atoms. The summed E-state index contributed by atoms with van der Waals surface area (Å²) in [5.41, 5.74) is 4.52. The number of aromatic nitrogens is 2. The van der Waals surface area contributed by atoms with E-state index in [-0.39, 0.29) is 5.82 Å². The molecule has 0 unspecified atom stereocenters. The second-order valence-electron chi connectivity index (χ2n) is 5.27. The highest BCUT2D eigenvalue weighted by molar-refractivity contribution is 5.44. The molecule has 0 saturated carbocycles. The second kappa shape index (κ2) is 5.75. The van der Waals surface area contributed by atoms with E-state index in [0.717, 1.165) is 30.6 Å². The van der Waals surface area contributed by atoms with Crippen molar-refractivity contribution in [3.63, 3.8) is 0 Å². The molecule has 3 nitrogen and oxygen atoms in total. The maximum Gasteiger partial charge on any atom is 0.123 e. The van der Waals surface area contributed by atoms with Gasteiger partial charge in [0.2, 0.25) is 0 Å². The molecule has 1 N–H and O–H groups in total. The topological polar surface area (TPSA) is 29.9 Å². The van der Waals surface area contributed by atoms with Crippen LogP contribution in [0.15, 0.2) is 24.5 Å². The number of aryl methyl sites for hydroxylation is 1. The molecule has 0 aliphatic heterocycles. The predicted octanol–water partition coefficient (Wildman–Crippen LogP) is 3.00. The van der Waals surface area contributed by atoms with Crippen molar-refractivity contribution >= 4 is 0 Å². The van der Waals surface area contributed by atoms with Gasteiger partial charge in [-0.3, -0.25) is 0 Å². The number of hydrogen-bond acceptors (Lipinski definition) is 2. The highest BCUT2D eigenvalue weighted by atomic mass is 19.1. The SMILES string of the molecule is CCNCc1cc(F)ccc1-n1cnc2c1CCCC2. The third kappa shape index (κ3) is 2.48. The van der Waals surface area contributed by atoms with E-state index in [4.69, 9.17) is 0 Å². The second-order valence-corrected chi connectivity index (χ2v) is 5.27. The van der Waals surface area contributed by atoms with E-state index in [1.807, 2.05) is 12.4 Å². The van der Waals surface area contributed by atoms with Gasteiger partial charge in [-0.25, -0.2) is 9.37 Å². The fourth-order valence-corrected chi connectivity index (χ4v) is 2.87. The van der Waals surface area contributed by atoms with E-state index < -0.39 is 0 Å². The van der Waals surface area contributed by atoms with Crippen molar-refractivity contribution in [3.05, 3.63) is 47.3 Å². The zero-order valence-electron chi connectivity index (χ0n) is 11.8. The standard InChI is InChI=1S/C16H20FN3/c1-2-18-10-12-9-13(17)7-8-15(12)20-11-19-14-5-3-4-6-16(14)20/h7-9,11,18H,2-6,10H2,1H3. The average Bonchev–Trinajstić information content (AvgIpc) is 2.89. The highest BCUT2D eigenvalue weighted by Gasteiger charge is 2.17. The molecule has 0 bridgehead atoms. The minimum Gasteiger partial charge on any atom is -0.313 e. The Labute approximate surface area is 118 Å². The van der Waals surface area contributed by atoms with E-state index in [1.165, 1.54) is 30.3 Å². The molecule has 1 aliphatic rings. The Hall–Kier alpha value is -1.68. The first-order valence-corrected chi connectivity index (χ1v) is 7.34. The first kappa shape index (κ1) is 13.3. The van der Waals surface area contributed by atoms with Crippen LogP contribution in [0.4, 0.5) is 4.39 Å². The van der Waals surface area contributed by atoms with Crippen LogP contribution >= 0.6 is 0 Å². The van der Waals surface area contributed by atoms with Gasteiger partial charge in [0.05, 0.1) is 17.7 Å². The maximum atomic E-state index is 13.5. The van der Waals surface area contributed by atoms with Gasteiger partial charge in [0.15, 0.2) is 0 Å². The van der Waals surface area contributed by atoms with Crippen LogP contribution in [0, 0.1) is 5.82 Å². The van der Waals surface area contributed by atoms with E-state index in [9.17, 15) is 4.39 Å². The van der Waals surface area contributed by atoms with Crippen molar-refractivity contribution in [2.24, 2.45) is 0 Å².